The van der Waals surface area contributed by atoms with Crippen LogP contribution < -0.4 is 10.2 Å². The number of hydrogen-bond donors (Lipinski definition) is 1. The lowest BCUT2D eigenvalue weighted by Crippen LogP contribution is -2.46. The number of nitrogens with zero attached hydrogens (tertiary/aromatic N) is 4. The van der Waals surface area contributed by atoms with Crippen LogP contribution in [0.3, 0.4) is 0 Å². The van der Waals surface area contributed by atoms with E-state index >= 15 is 0 Å². The number of nitrogens with one attached hydrogen (secondary N) is 1. The van der Waals surface area contributed by atoms with Crippen LogP contribution in [0.2, 0.25) is 5.02 Å². The van der Waals surface area contributed by atoms with Crippen molar-refractivity contribution in [3.8, 4) is 0 Å². The van der Waals surface area contributed by atoms with Crippen molar-refractivity contribution in [3.05, 3.63) is 58.7 Å². The first-order chi connectivity index (χ1) is 17.7. The van der Waals surface area contributed by atoms with Gasteiger partial charge in [-0.15, -0.1) is 0 Å². The van der Waals surface area contributed by atoms with Crippen LogP contribution in [0.4, 0.5) is 5.82 Å². The lowest BCUT2D eigenvalue weighted by atomic mass is 10.0. The zero-order chi connectivity index (χ0) is 24.7. The molecule has 1 aromatic carbocycles. The predicted molar refractivity (Wildman–Crippen MR) is 144 cm³/mol. The normalized spacial score (nSPS) is 21.3. The molecule has 4 heterocycles. The summed E-state index contributed by atoms with van der Waals surface area (Å²) >= 11 is 6.38. The molecule has 3 saturated heterocycles. The van der Waals surface area contributed by atoms with Gasteiger partial charge in [-0.2, -0.15) is 0 Å². The first-order valence-corrected chi connectivity index (χ1v) is 13.8. The average Bonchev–Trinajstić information content (AvgIpc) is 3.18. The molecule has 1 amide bonds. The van der Waals surface area contributed by atoms with Crippen LogP contribution in [0.5, 0.6) is 0 Å². The molecule has 194 valence electrons. The second-order valence-corrected chi connectivity index (χ2v) is 10.6. The van der Waals surface area contributed by atoms with Crippen molar-refractivity contribution < 1.29 is 9.53 Å². The number of ether oxygens (including phenoxy) is 1. The first-order valence-electron chi connectivity index (χ1n) is 13.5. The smallest absolute Gasteiger partial charge is 0.270 e. The summed E-state index contributed by atoms with van der Waals surface area (Å²) in [6, 6.07) is 14.8. The van der Waals surface area contributed by atoms with Crippen molar-refractivity contribution in [1.29, 1.82) is 0 Å². The lowest BCUT2D eigenvalue weighted by Gasteiger charge is -2.38. The Kier molecular flexibility index (Phi) is 8.75. The Labute approximate surface area is 219 Å². The van der Waals surface area contributed by atoms with E-state index in [9.17, 15) is 4.79 Å². The van der Waals surface area contributed by atoms with Gasteiger partial charge in [-0.25, -0.2) is 4.98 Å². The van der Waals surface area contributed by atoms with E-state index in [0.717, 1.165) is 75.9 Å². The molecule has 0 atom stereocenters. The topological polar surface area (TPSA) is 60.9 Å². The third-order valence-corrected chi connectivity index (χ3v) is 8.17. The van der Waals surface area contributed by atoms with E-state index in [0.29, 0.717) is 24.9 Å². The molecule has 0 bridgehead atoms. The van der Waals surface area contributed by atoms with Gasteiger partial charge in [-0.05, 0) is 69.0 Å². The number of pyridine rings is 1. The molecule has 0 radical (unpaired) electrons. The number of rotatable bonds is 6. The number of hydrogen-bond acceptors (Lipinski definition) is 6. The summed E-state index contributed by atoms with van der Waals surface area (Å²) < 4.78 is 5.40. The highest BCUT2D eigenvalue weighted by Gasteiger charge is 2.27. The molecule has 2 aromatic rings. The Morgan fingerprint density at radius 3 is 2.56 bits per heavy atom. The SMILES string of the molecule is O=C(NC1CCOCC1)c1cccc(N2CCCN(C3CCN(Cc4ccccc4Cl)CC3)CC2)n1. The molecule has 0 aliphatic carbocycles. The van der Waals surface area contributed by atoms with Crippen LogP contribution in [0.1, 0.15) is 48.2 Å². The first kappa shape index (κ1) is 25.5. The molecule has 8 heteroatoms. The van der Waals surface area contributed by atoms with Crippen molar-refractivity contribution in [1.82, 2.24) is 20.1 Å². The van der Waals surface area contributed by atoms with Gasteiger partial charge in [-0.3, -0.25) is 14.6 Å². The fourth-order valence-electron chi connectivity index (χ4n) is 5.67. The third-order valence-electron chi connectivity index (χ3n) is 7.80. The fourth-order valence-corrected chi connectivity index (χ4v) is 5.86. The molecule has 36 heavy (non-hydrogen) atoms. The number of piperidine rings is 1. The minimum Gasteiger partial charge on any atom is -0.381 e. The molecule has 0 saturated carbocycles. The van der Waals surface area contributed by atoms with Crippen LogP contribution >= 0.6 is 11.6 Å². The molecule has 3 fully saturated rings. The second-order valence-electron chi connectivity index (χ2n) is 10.2. The highest BCUT2D eigenvalue weighted by atomic mass is 35.5. The van der Waals surface area contributed by atoms with E-state index in [1.165, 1.54) is 18.4 Å². The molecule has 3 aliphatic rings. The van der Waals surface area contributed by atoms with E-state index < -0.39 is 0 Å². The van der Waals surface area contributed by atoms with E-state index in [1.807, 2.05) is 30.3 Å². The highest BCUT2D eigenvalue weighted by Crippen LogP contribution is 2.23. The van der Waals surface area contributed by atoms with Gasteiger partial charge in [0.15, 0.2) is 0 Å². The quantitative estimate of drug-likeness (QED) is 0.636. The summed E-state index contributed by atoms with van der Waals surface area (Å²) in [6.07, 6.45) is 5.24. The zero-order valence-corrected chi connectivity index (χ0v) is 21.8. The van der Waals surface area contributed by atoms with Gasteiger partial charge in [0.2, 0.25) is 0 Å². The van der Waals surface area contributed by atoms with Gasteiger partial charge in [0.05, 0.1) is 0 Å². The summed E-state index contributed by atoms with van der Waals surface area (Å²) in [4.78, 5) is 25.1. The summed E-state index contributed by atoms with van der Waals surface area (Å²) in [5.74, 6) is 0.829. The Morgan fingerprint density at radius 1 is 0.944 bits per heavy atom. The van der Waals surface area contributed by atoms with Crippen LogP contribution in [-0.2, 0) is 11.3 Å². The van der Waals surface area contributed by atoms with Crippen LogP contribution in [0.15, 0.2) is 42.5 Å². The van der Waals surface area contributed by atoms with Gasteiger partial charge >= 0.3 is 0 Å². The third kappa shape index (κ3) is 6.57. The molecule has 5 rings (SSSR count). The molecule has 1 N–H and O–H groups in total. The Morgan fingerprint density at radius 2 is 1.75 bits per heavy atom. The van der Waals surface area contributed by atoms with Crippen molar-refractivity contribution in [2.24, 2.45) is 0 Å². The number of aromatic nitrogens is 1. The fraction of sp³-hybridized carbons (Fsp3) is 0.571. The molecular weight excluding hydrogens is 474 g/mol. The lowest BCUT2D eigenvalue weighted by molar-refractivity contribution is 0.0694. The largest absolute Gasteiger partial charge is 0.381 e. The van der Waals surface area contributed by atoms with Gasteiger partial charge in [0.25, 0.3) is 5.91 Å². The second kappa shape index (κ2) is 12.4. The predicted octanol–water partition coefficient (Wildman–Crippen LogP) is 3.82. The van der Waals surface area contributed by atoms with Crippen molar-refractivity contribution in [2.45, 2.75) is 50.7 Å². The van der Waals surface area contributed by atoms with E-state index in [-0.39, 0.29) is 11.9 Å². The minimum atomic E-state index is -0.0799. The minimum absolute atomic E-state index is 0.0799. The van der Waals surface area contributed by atoms with Crippen LogP contribution in [0.25, 0.3) is 0 Å². The Hall–Kier alpha value is -2.19. The molecule has 7 nitrogen and oxygen atoms in total. The van der Waals surface area contributed by atoms with Crippen molar-refractivity contribution in [3.63, 3.8) is 0 Å². The maximum Gasteiger partial charge on any atom is 0.270 e. The maximum atomic E-state index is 12.8. The number of likely N-dealkylation sites (tertiary alicyclic amines) is 1. The standard InChI is InChI=1S/C28H38ClN5O2/c29-25-6-2-1-5-22(25)21-32-15-9-24(10-16-32)33-13-4-14-34(18-17-33)27-8-3-7-26(31-27)28(35)30-23-11-19-36-20-12-23/h1-3,5-8,23-24H,4,9-21H2,(H,30,35). The van der Waals surface area contributed by atoms with Gasteiger partial charge in [0.1, 0.15) is 11.5 Å². The number of benzene rings is 1. The molecule has 3 aliphatic heterocycles. The monoisotopic (exact) mass is 511 g/mol. The van der Waals surface area contributed by atoms with E-state index in [2.05, 4.69) is 32.1 Å². The number of amides is 1. The molecule has 1 aromatic heterocycles. The molecule has 0 spiro atoms. The van der Waals surface area contributed by atoms with Crippen LogP contribution in [-0.4, -0.2) is 85.3 Å². The number of carbonyl (C=O) groups excluding carboxylic acids is 1. The average molecular weight is 512 g/mol. The summed E-state index contributed by atoms with van der Waals surface area (Å²) in [5, 5.41) is 4.00. The molecule has 0 unspecified atom stereocenters. The summed E-state index contributed by atoms with van der Waals surface area (Å²) in [7, 11) is 0. The number of halogens is 1. The summed E-state index contributed by atoms with van der Waals surface area (Å²) in [6.45, 7) is 8.66. The van der Waals surface area contributed by atoms with Gasteiger partial charge < -0.3 is 15.0 Å². The Bertz CT molecular complexity index is 1010. The zero-order valence-electron chi connectivity index (χ0n) is 21.1. The van der Waals surface area contributed by atoms with Gasteiger partial charge in [-0.1, -0.05) is 35.9 Å². The maximum absolute atomic E-state index is 12.8. The molecular formula is C28H38ClN5O2. The number of carbonyl (C=O) groups is 1. The summed E-state index contributed by atoms with van der Waals surface area (Å²) in [5.41, 5.74) is 1.73. The Balaban J connectivity index is 1.12. The van der Waals surface area contributed by atoms with Crippen molar-refractivity contribution >= 4 is 23.3 Å². The van der Waals surface area contributed by atoms with E-state index in [4.69, 9.17) is 21.3 Å². The van der Waals surface area contributed by atoms with Gasteiger partial charge in [0, 0.05) is 63.0 Å². The highest BCUT2D eigenvalue weighted by molar-refractivity contribution is 6.31. The van der Waals surface area contributed by atoms with E-state index in [1.54, 1.807) is 0 Å². The van der Waals surface area contributed by atoms with Crippen LogP contribution in [0, 0.1) is 0 Å². The number of anilines is 1. The van der Waals surface area contributed by atoms with Crippen molar-refractivity contribution in [2.75, 3.05) is 57.4 Å².